The average molecular weight is 231 g/mol. The normalized spacial score (nSPS) is 16.1. The van der Waals surface area contributed by atoms with Crippen molar-refractivity contribution in [1.82, 2.24) is 14.9 Å². The van der Waals surface area contributed by atoms with Gasteiger partial charge in [0.25, 0.3) is 0 Å². The largest absolute Gasteiger partial charge is 0.301 e. The predicted octanol–water partition coefficient (Wildman–Crippen LogP) is 2.19. The number of nitrogens with zero attached hydrogens (tertiary/aromatic N) is 3. The van der Waals surface area contributed by atoms with Crippen molar-refractivity contribution in [3.63, 3.8) is 0 Å². The van der Waals surface area contributed by atoms with Crippen LogP contribution < -0.4 is 0 Å². The average Bonchev–Trinajstić information content (AvgIpc) is 2.73. The summed E-state index contributed by atoms with van der Waals surface area (Å²) < 4.78 is 0. The van der Waals surface area contributed by atoms with Crippen LogP contribution in [-0.2, 0) is 13.0 Å². The van der Waals surface area contributed by atoms with E-state index in [9.17, 15) is 0 Å². The number of hydrogen-bond donors (Lipinski definition) is 0. The van der Waals surface area contributed by atoms with Crippen LogP contribution in [0.3, 0.4) is 0 Å². The van der Waals surface area contributed by atoms with E-state index in [4.69, 9.17) is 4.98 Å². The van der Waals surface area contributed by atoms with Crippen molar-refractivity contribution in [2.45, 2.75) is 13.0 Å². The second-order valence-electron chi connectivity index (χ2n) is 4.11. The SMILES string of the molecule is CN1CCc2nc(-c3ccncc3)sc2C1. The molecule has 0 amide bonds. The first-order chi connectivity index (χ1) is 7.83. The highest BCUT2D eigenvalue weighted by atomic mass is 32.1. The van der Waals surface area contributed by atoms with E-state index in [1.807, 2.05) is 35.9 Å². The first-order valence-electron chi connectivity index (χ1n) is 5.40. The van der Waals surface area contributed by atoms with E-state index in [-0.39, 0.29) is 0 Å². The molecular formula is C12H13N3S. The van der Waals surface area contributed by atoms with Crippen LogP contribution in [0.2, 0.25) is 0 Å². The predicted molar refractivity (Wildman–Crippen MR) is 65.4 cm³/mol. The molecule has 0 spiro atoms. The first-order valence-corrected chi connectivity index (χ1v) is 6.22. The number of pyridine rings is 1. The Morgan fingerprint density at radius 1 is 1.31 bits per heavy atom. The van der Waals surface area contributed by atoms with Crippen molar-refractivity contribution in [2.24, 2.45) is 0 Å². The molecule has 3 rings (SSSR count). The van der Waals surface area contributed by atoms with E-state index in [2.05, 4.69) is 16.9 Å². The van der Waals surface area contributed by atoms with E-state index in [0.29, 0.717) is 0 Å². The lowest BCUT2D eigenvalue weighted by atomic mass is 10.2. The van der Waals surface area contributed by atoms with Crippen LogP contribution in [0.5, 0.6) is 0 Å². The van der Waals surface area contributed by atoms with Gasteiger partial charge in [0.15, 0.2) is 0 Å². The van der Waals surface area contributed by atoms with Gasteiger partial charge in [0.2, 0.25) is 0 Å². The number of aromatic nitrogens is 2. The molecule has 16 heavy (non-hydrogen) atoms. The highest BCUT2D eigenvalue weighted by Crippen LogP contribution is 2.30. The summed E-state index contributed by atoms with van der Waals surface area (Å²) in [6.45, 7) is 2.16. The molecule has 0 saturated heterocycles. The Morgan fingerprint density at radius 3 is 2.94 bits per heavy atom. The van der Waals surface area contributed by atoms with Gasteiger partial charge in [0.1, 0.15) is 5.01 Å². The van der Waals surface area contributed by atoms with Crippen LogP contribution >= 0.6 is 11.3 Å². The van der Waals surface area contributed by atoms with Crippen molar-refractivity contribution in [1.29, 1.82) is 0 Å². The number of likely N-dealkylation sites (N-methyl/N-ethyl adjacent to an activating group) is 1. The minimum Gasteiger partial charge on any atom is -0.301 e. The minimum absolute atomic E-state index is 1.04. The summed E-state index contributed by atoms with van der Waals surface area (Å²) in [5.74, 6) is 0. The molecule has 2 aromatic heterocycles. The molecule has 0 atom stereocenters. The zero-order chi connectivity index (χ0) is 11.0. The Morgan fingerprint density at radius 2 is 2.12 bits per heavy atom. The molecule has 0 aliphatic carbocycles. The maximum atomic E-state index is 4.72. The fourth-order valence-corrected chi connectivity index (χ4v) is 3.13. The molecule has 1 aliphatic heterocycles. The number of thiazole rings is 1. The maximum Gasteiger partial charge on any atom is 0.124 e. The second-order valence-corrected chi connectivity index (χ2v) is 5.20. The fourth-order valence-electron chi connectivity index (χ4n) is 1.94. The van der Waals surface area contributed by atoms with Crippen molar-refractivity contribution in [3.8, 4) is 10.6 Å². The Hall–Kier alpha value is -1.26. The van der Waals surface area contributed by atoms with Gasteiger partial charge < -0.3 is 4.90 Å². The molecule has 0 bridgehead atoms. The lowest BCUT2D eigenvalue weighted by Crippen LogP contribution is -2.25. The van der Waals surface area contributed by atoms with E-state index in [1.54, 1.807) is 0 Å². The van der Waals surface area contributed by atoms with Crippen molar-refractivity contribution in [2.75, 3.05) is 13.6 Å². The van der Waals surface area contributed by atoms with Crippen LogP contribution in [0.15, 0.2) is 24.5 Å². The third-order valence-corrected chi connectivity index (χ3v) is 3.98. The standard InChI is InChI=1S/C12H13N3S/c1-15-7-4-10-11(8-15)16-12(14-10)9-2-5-13-6-3-9/h2-3,5-6H,4,7-8H2,1H3. The highest BCUT2D eigenvalue weighted by Gasteiger charge is 2.18. The molecule has 82 valence electrons. The summed E-state index contributed by atoms with van der Waals surface area (Å²) in [6, 6.07) is 4.04. The summed E-state index contributed by atoms with van der Waals surface area (Å²) in [6.07, 6.45) is 4.72. The van der Waals surface area contributed by atoms with Crippen LogP contribution in [0, 0.1) is 0 Å². The zero-order valence-electron chi connectivity index (χ0n) is 9.18. The molecular weight excluding hydrogens is 218 g/mol. The van der Waals surface area contributed by atoms with Crippen LogP contribution in [0.4, 0.5) is 0 Å². The van der Waals surface area contributed by atoms with Crippen molar-refractivity contribution >= 4 is 11.3 Å². The monoisotopic (exact) mass is 231 g/mol. The molecule has 0 aromatic carbocycles. The first kappa shape index (κ1) is 9.93. The van der Waals surface area contributed by atoms with Crippen molar-refractivity contribution < 1.29 is 0 Å². The Balaban J connectivity index is 1.99. The van der Waals surface area contributed by atoms with Crippen LogP contribution in [0.1, 0.15) is 10.6 Å². The molecule has 0 N–H and O–H groups in total. The van der Waals surface area contributed by atoms with Gasteiger partial charge in [-0.25, -0.2) is 4.98 Å². The Kier molecular flexibility index (Phi) is 2.46. The topological polar surface area (TPSA) is 29.0 Å². The number of hydrogen-bond acceptors (Lipinski definition) is 4. The van der Waals surface area contributed by atoms with Gasteiger partial charge in [0, 0.05) is 42.3 Å². The molecule has 0 saturated carbocycles. The Labute approximate surface area is 98.8 Å². The summed E-state index contributed by atoms with van der Waals surface area (Å²) in [5, 5.41) is 1.13. The van der Waals surface area contributed by atoms with Crippen LogP contribution in [0.25, 0.3) is 10.6 Å². The molecule has 4 heteroatoms. The molecule has 0 unspecified atom stereocenters. The molecule has 1 aliphatic rings. The van der Waals surface area contributed by atoms with Crippen LogP contribution in [-0.4, -0.2) is 28.5 Å². The quantitative estimate of drug-likeness (QED) is 0.753. The van der Waals surface area contributed by atoms with Gasteiger partial charge in [0.05, 0.1) is 5.69 Å². The third kappa shape index (κ3) is 1.74. The van der Waals surface area contributed by atoms with Gasteiger partial charge >= 0.3 is 0 Å². The molecule has 2 aromatic rings. The zero-order valence-corrected chi connectivity index (χ0v) is 10.00. The molecule has 3 heterocycles. The number of fused-ring (bicyclic) bond motifs is 1. The molecule has 0 radical (unpaired) electrons. The van der Waals surface area contributed by atoms with Gasteiger partial charge in [-0.05, 0) is 19.2 Å². The summed E-state index contributed by atoms with van der Waals surface area (Å²) >= 11 is 1.81. The van der Waals surface area contributed by atoms with Gasteiger partial charge in [-0.3, -0.25) is 4.98 Å². The summed E-state index contributed by atoms with van der Waals surface area (Å²) in [4.78, 5) is 12.5. The Bertz CT molecular complexity index is 492. The third-order valence-electron chi connectivity index (χ3n) is 2.85. The lowest BCUT2D eigenvalue weighted by Gasteiger charge is -2.20. The fraction of sp³-hybridized carbons (Fsp3) is 0.333. The van der Waals surface area contributed by atoms with Gasteiger partial charge in [-0.15, -0.1) is 11.3 Å². The van der Waals surface area contributed by atoms with E-state index >= 15 is 0 Å². The maximum absolute atomic E-state index is 4.72. The summed E-state index contributed by atoms with van der Waals surface area (Å²) in [5.41, 5.74) is 2.46. The molecule has 0 fully saturated rings. The minimum atomic E-state index is 1.04. The van der Waals surface area contributed by atoms with E-state index < -0.39 is 0 Å². The molecule has 3 nitrogen and oxygen atoms in total. The smallest absolute Gasteiger partial charge is 0.124 e. The number of rotatable bonds is 1. The lowest BCUT2D eigenvalue weighted by molar-refractivity contribution is 0.314. The van der Waals surface area contributed by atoms with Gasteiger partial charge in [-0.1, -0.05) is 0 Å². The highest BCUT2D eigenvalue weighted by molar-refractivity contribution is 7.15. The van der Waals surface area contributed by atoms with Gasteiger partial charge in [-0.2, -0.15) is 0 Å². The van der Waals surface area contributed by atoms with E-state index in [0.717, 1.165) is 24.5 Å². The second kappa shape index (κ2) is 3.96. The van der Waals surface area contributed by atoms with Crippen molar-refractivity contribution in [3.05, 3.63) is 35.1 Å². The summed E-state index contributed by atoms with van der Waals surface area (Å²) in [7, 11) is 2.16. The van der Waals surface area contributed by atoms with E-state index in [1.165, 1.54) is 16.1 Å².